The van der Waals surface area contributed by atoms with Gasteiger partial charge >= 0.3 is 6.98 Å². The molecule has 0 atom stereocenters. The molecule has 9 aromatic carbocycles. The van der Waals surface area contributed by atoms with Gasteiger partial charge in [-0.1, -0.05) is 182 Å². The normalized spacial score (nSPS) is 12.7. The number of hydrogen-bond donors (Lipinski definition) is 0. The van der Waals surface area contributed by atoms with Crippen molar-refractivity contribution in [3.63, 3.8) is 0 Å². The van der Waals surface area contributed by atoms with Crippen LogP contribution in [0.2, 0.25) is 0 Å². The number of para-hydroxylation sites is 7. The standard InChI is InChI=1S/C66H50BN7.Pt/c1-44-20-18-21-45(2)64(44)67-73(48-24-10-7-11-25-48)59-37-35-49(41-62(59)74(67)50-34-36-53-51-26-12-15-30-56(51)72(61(53)42-50)63-40-46(38-39-68-63)66(3,4)5)69-43-70(58-32-17-16-31-57(58)69)60-33-19-28-54-52-27-13-14-29-55(52)71(65(54)60)47-22-8-6-9-23-47;/h6-40H,1-5H3;/q-2;. The zero-order chi connectivity index (χ0) is 49.8. The summed E-state index contributed by atoms with van der Waals surface area (Å²) in [4.78, 5) is 9.98. The molecule has 0 saturated carbocycles. The van der Waals surface area contributed by atoms with Crippen molar-refractivity contribution in [2.45, 2.75) is 40.0 Å². The van der Waals surface area contributed by atoms with Crippen LogP contribution in [0.4, 0.5) is 22.7 Å². The van der Waals surface area contributed by atoms with E-state index in [9.17, 15) is 0 Å². The number of aromatic nitrogens is 5. The van der Waals surface area contributed by atoms with Crippen LogP contribution in [-0.2, 0) is 26.5 Å². The van der Waals surface area contributed by atoms with Crippen molar-refractivity contribution in [1.29, 1.82) is 0 Å². The third-order valence-corrected chi connectivity index (χ3v) is 15.1. The van der Waals surface area contributed by atoms with Crippen molar-refractivity contribution < 1.29 is 25.6 Å². The average molecular weight is 1150 g/mol. The third-order valence-electron chi connectivity index (χ3n) is 15.1. The second-order valence-corrected chi connectivity index (χ2v) is 20.6. The van der Waals surface area contributed by atoms with E-state index in [0.717, 1.165) is 89.5 Å². The second-order valence-electron chi connectivity index (χ2n) is 20.6. The smallest absolute Gasteiger partial charge is 0.406 e. The van der Waals surface area contributed by atoms with Gasteiger partial charge in [-0.05, 0) is 96.0 Å². The van der Waals surface area contributed by atoms with Crippen molar-refractivity contribution in [2.75, 3.05) is 9.62 Å². The first-order valence-corrected chi connectivity index (χ1v) is 25.4. The maximum Gasteiger partial charge on any atom is 0.406 e. The Balaban J connectivity index is 0.00000541. The minimum atomic E-state index is -0.290. The summed E-state index contributed by atoms with van der Waals surface area (Å²) in [6.45, 7) is 10.9. The van der Waals surface area contributed by atoms with Crippen LogP contribution in [0, 0.1) is 32.3 Å². The number of hydrogen-bond acceptors (Lipinski definition) is 3. The van der Waals surface area contributed by atoms with Gasteiger partial charge in [0, 0.05) is 54.9 Å². The topological polar surface area (TPSA) is 38.0 Å². The first-order valence-electron chi connectivity index (χ1n) is 25.4. The molecule has 0 amide bonds. The van der Waals surface area contributed by atoms with Crippen LogP contribution >= 0.6 is 0 Å². The first-order chi connectivity index (χ1) is 36.2. The Labute approximate surface area is 451 Å². The maximum atomic E-state index is 5.04. The molecule has 0 N–H and O–H groups in total. The average Bonchev–Trinajstić information content (AvgIpc) is 4.31. The molecule has 1 aliphatic heterocycles. The number of fused-ring (bicyclic) bond motifs is 8. The second kappa shape index (κ2) is 17.9. The van der Waals surface area contributed by atoms with Crippen molar-refractivity contribution in [2.24, 2.45) is 0 Å². The van der Waals surface area contributed by atoms with E-state index < -0.39 is 0 Å². The quantitative estimate of drug-likeness (QED) is 0.0907. The Hall–Kier alpha value is -8.45. The molecule has 5 heterocycles. The van der Waals surface area contributed by atoms with E-state index in [-0.39, 0.29) is 33.5 Å². The number of aryl methyl sites for hydroxylation is 2. The maximum absolute atomic E-state index is 5.04. The monoisotopic (exact) mass is 1150 g/mol. The molecule has 13 aromatic rings. The van der Waals surface area contributed by atoms with Crippen molar-refractivity contribution in [3.8, 4) is 22.9 Å². The van der Waals surface area contributed by atoms with Gasteiger partial charge < -0.3 is 23.3 Å². The largest absolute Gasteiger partial charge is 0.415 e. The molecular formula is C66H50BN7Pt-2. The molecule has 14 rings (SSSR count). The molecule has 0 fully saturated rings. The fourth-order valence-corrected chi connectivity index (χ4v) is 11.7. The summed E-state index contributed by atoms with van der Waals surface area (Å²) < 4.78 is 9.09. The number of imidazole rings is 1. The summed E-state index contributed by atoms with van der Waals surface area (Å²) in [6, 6.07) is 82.2. The van der Waals surface area contributed by atoms with Gasteiger partial charge in [-0.2, -0.15) is 24.3 Å². The van der Waals surface area contributed by atoms with E-state index in [1.165, 1.54) is 32.9 Å². The SMILES string of the molecule is Cc1cccc(C)c1B1N(c2[c-]c3c(cc2)c2ccccc2n3-c2cc(C(C)(C)C)ccn2)c2[c-]c(-n3[c-][n+](-c4cccc5c6ccccc6n(-c6ccccc6)c45)c4ccccc43)ccc2N1c1ccccc1.[Pt]. The van der Waals surface area contributed by atoms with Gasteiger partial charge in [0.2, 0.25) is 0 Å². The molecule has 75 heavy (non-hydrogen) atoms. The van der Waals surface area contributed by atoms with Crippen molar-refractivity contribution in [3.05, 3.63) is 248 Å². The van der Waals surface area contributed by atoms with Crippen LogP contribution in [0.25, 0.3) is 77.5 Å². The van der Waals surface area contributed by atoms with Crippen LogP contribution < -0.4 is 19.7 Å². The summed E-state index contributed by atoms with van der Waals surface area (Å²) >= 11 is 0. The minimum absolute atomic E-state index is 0. The minimum Gasteiger partial charge on any atom is -0.415 e. The van der Waals surface area contributed by atoms with Crippen LogP contribution in [0.5, 0.6) is 0 Å². The molecule has 7 nitrogen and oxygen atoms in total. The Morgan fingerprint density at radius 1 is 0.520 bits per heavy atom. The summed E-state index contributed by atoms with van der Waals surface area (Å²) in [5, 5.41) is 4.66. The summed E-state index contributed by atoms with van der Waals surface area (Å²) in [6.07, 6.45) is 5.85. The fourth-order valence-electron chi connectivity index (χ4n) is 11.7. The van der Waals surface area contributed by atoms with Gasteiger partial charge in [0.05, 0.1) is 27.8 Å². The Bertz CT molecular complexity index is 4340. The van der Waals surface area contributed by atoms with Gasteiger partial charge in [-0.3, -0.25) is 4.57 Å². The van der Waals surface area contributed by atoms with Crippen LogP contribution in [0.15, 0.2) is 212 Å². The van der Waals surface area contributed by atoms with Crippen LogP contribution in [-0.4, -0.2) is 25.7 Å². The van der Waals surface area contributed by atoms with E-state index in [4.69, 9.17) is 4.98 Å². The molecule has 0 unspecified atom stereocenters. The Kier molecular flexibility index (Phi) is 11.1. The molecule has 4 aromatic heterocycles. The Morgan fingerprint density at radius 3 is 1.87 bits per heavy atom. The predicted molar refractivity (Wildman–Crippen MR) is 305 cm³/mol. The first kappa shape index (κ1) is 46.3. The van der Waals surface area contributed by atoms with E-state index in [1.807, 2.05) is 6.20 Å². The van der Waals surface area contributed by atoms with E-state index >= 15 is 0 Å². The van der Waals surface area contributed by atoms with Crippen molar-refractivity contribution >= 4 is 89.8 Å². The summed E-state index contributed by atoms with van der Waals surface area (Å²) in [5.74, 6) is 0.869. The molecule has 1 aliphatic rings. The summed E-state index contributed by atoms with van der Waals surface area (Å²) in [7, 11) is 0. The van der Waals surface area contributed by atoms with Crippen molar-refractivity contribution in [1.82, 2.24) is 18.7 Å². The van der Waals surface area contributed by atoms with Gasteiger partial charge in [-0.15, -0.1) is 17.5 Å². The molecule has 9 heteroatoms. The third kappa shape index (κ3) is 7.29. The molecule has 0 saturated heterocycles. The number of benzene rings is 9. The van der Waals surface area contributed by atoms with Gasteiger partial charge in [-0.25, -0.2) is 4.98 Å². The molecule has 0 radical (unpaired) electrons. The zero-order valence-electron chi connectivity index (χ0n) is 42.2. The molecular weight excluding hydrogens is 1100 g/mol. The molecule has 0 spiro atoms. The van der Waals surface area contributed by atoms with Crippen LogP contribution in [0.1, 0.15) is 37.5 Å². The number of rotatable bonds is 7. The number of nitrogens with zero attached hydrogens (tertiary/aromatic N) is 7. The van der Waals surface area contributed by atoms with E-state index in [1.54, 1.807) is 0 Å². The number of pyridine rings is 1. The van der Waals surface area contributed by atoms with E-state index in [2.05, 4.69) is 287 Å². The fraction of sp³-hybridized carbons (Fsp3) is 0.0909. The van der Waals surface area contributed by atoms with Gasteiger partial charge in [0.15, 0.2) is 0 Å². The predicted octanol–water partition coefficient (Wildman–Crippen LogP) is 14.5. The van der Waals surface area contributed by atoms with Gasteiger partial charge in [0.25, 0.3) is 6.33 Å². The zero-order valence-corrected chi connectivity index (χ0v) is 44.5. The molecule has 0 aliphatic carbocycles. The van der Waals surface area contributed by atoms with E-state index in [0.29, 0.717) is 0 Å². The van der Waals surface area contributed by atoms with Crippen LogP contribution in [0.3, 0.4) is 0 Å². The summed E-state index contributed by atoms with van der Waals surface area (Å²) in [5.41, 5.74) is 18.2. The number of anilines is 4. The van der Waals surface area contributed by atoms with Gasteiger partial charge in [0.1, 0.15) is 5.82 Å². The molecule has 364 valence electrons. The molecule has 0 bridgehead atoms. The Morgan fingerprint density at radius 2 is 1.13 bits per heavy atom.